The van der Waals surface area contributed by atoms with Crippen LogP contribution in [-0.2, 0) is 11.2 Å². The quantitative estimate of drug-likeness (QED) is 0.773. The third kappa shape index (κ3) is 3.07. The lowest BCUT2D eigenvalue weighted by Gasteiger charge is -2.09. The molecule has 0 heterocycles. The van der Waals surface area contributed by atoms with E-state index in [1.54, 1.807) is 6.92 Å². The zero-order valence-electron chi connectivity index (χ0n) is 8.41. The Morgan fingerprint density at radius 2 is 2.21 bits per heavy atom. The summed E-state index contributed by atoms with van der Waals surface area (Å²) >= 11 is 4.22. The van der Waals surface area contributed by atoms with Gasteiger partial charge in [-0.2, -0.15) is 0 Å². The first-order valence-electron chi connectivity index (χ1n) is 4.57. The highest BCUT2D eigenvalue weighted by atomic mass is 32.1. The molecule has 0 bridgehead atoms. The minimum Gasteiger partial charge on any atom is -0.494 e. The van der Waals surface area contributed by atoms with Gasteiger partial charge in [-0.25, -0.2) is 0 Å². The van der Waals surface area contributed by atoms with E-state index in [1.807, 2.05) is 25.1 Å². The maximum atomic E-state index is 11.0. The van der Waals surface area contributed by atoms with Crippen LogP contribution in [0, 0.1) is 0 Å². The van der Waals surface area contributed by atoms with Crippen LogP contribution in [0.25, 0.3) is 0 Å². The maximum Gasteiger partial charge on any atom is 0.134 e. The molecule has 0 N–H and O–H groups in total. The van der Waals surface area contributed by atoms with Crippen molar-refractivity contribution in [1.29, 1.82) is 0 Å². The summed E-state index contributed by atoms with van der Waals surface area (Å²) in [7, 11) is 0. The van der Waals surface area contributed by atoms with E-state index in [9.17, 15) is 4.79 Å². The van der Waals surface area contributed by atoms with Crippen molar-refractivity contribution in [1.82, 2.24) is 0 Å². The molecule has 0 aromatic heterocycles. The van der Waals surface area contributed by atoms with Gasteiger partial charge in [-0.15, -0.1) is 12.6 Å². The summed E-state index contributed by atoms with van der Waals surface area (Å²) in [5.74, 6) is 0.896. The van der Waals surface area contributed by atoms with Gasteiger partial charge in [0.2, 0.25) is 0 Å². The first-order valence-corrected chi connectivity index (χ1v) is 5.02. The summed E-state index contributed by atoms with van der Waals surface area (Å²) < 4.78 is 5.42. The van der Waals surface area contributed by atoms with Crippen LogP contribution in [0.4, 0.5) is 0 Å². The van der Waals surface area contributed by atoms with Crippen LogP contribution in [0.1, 0.15) is 19.4 Å². The summed E-state index contributed by atoms with van der Waals surface area (Å²) in [5.41, 5.74) is 0.928. The Bertz CT molecular complexity index is 334. The summed E-state index contributed by atoms with van der Waals surface area (Å²) in [6.45, 7) is 4.09. The number of ether oxygens (including phenoxy) is 1. The van der Waals surface area contributed by atoms with Gasteiger partial charge in [0.25, 0.3) is 0 Å². The monoisotopic (exact) mass is 210 g/mol. The molecule has 0 aliphatic heterocycles. The lowest BCUT2D eigenvalue weighted by molar-refractivity contribution is -0.116. The first-order chi connectivity index (χ1) is 6.63. The van der Waals surface area contributed by atoms with Crippen LogP contribution >= 0.6 is 12.6 Å². The summed E-state index contributed by atoms with van der Waals surface area (Å²) in [4.78, 5) is 11.8. The van der Waals surface area contributed by atoms with E-state index >= 15 is 0 Å². The van der Waals surface area contributed by atoms with Crippen LogP contribution in [0.3, 0.4) is 0 Å². The van der Waals surface area contributed by atoms with Gasteiger partial charge < -0.3 is 4.74 Å². The van der Waals surface area contributed by atoms with Gasteiger partial charge in [0.1, 0.15) is 11.5 Å². The second-order valence-electron chi connectivity index (χ2n) is 3.10. The molecule has 0 saturated carbocycles. The number of rotatable bonds is 4. The molecule has 0 amide bonds. The topological polar surface area (TPSA) is 26.3 Å². The predicted octanol–water partition coefficient (Wildman–Crippen LogP) is 2.51. The third-order valence-corrected chi connectivity index (χ3v) is 2.07. The Morgan fingerprint density at radius 1 is 1.50 bits per heavy atom. The number of carbonyl (C=O) groups is 1. The zero-order valence-corrected chi connectivity index (χ0v) is 9.30. The summed E-state index contributed by atoms with van der Waals surface area (Å²) in [5, 5.41) is 0. The largest absolute Gasteiger partial charge is 0.494 e. The molecular formula is C11H14O2S. The summed E-state index contributed by atoms with van der Waals surface area (Å²) in [6, 6.07) is 5.59. The van der Waals surface area contributed by atoms with Crippen LogP contribution in [0.15, 0.2) is 23.1 Å². The van der Waals surface area contributed by atoms with E-state index in [2.05, 4.69) is 12.6 Å². The second-order valence-corrected chi connectivity index (χ2v) is 3.62. The fourth-order valence-electron chi connectivity index (χ4n) is 1.25. The number of thiol groups is 1. The van der Waals surface area contributed by atoms with Crippen molar-refractivity contribution in [3.8, 4) is 5.75 Å². The average Bonchev–Trinajstić information content (AvgIpc) is 2.09. The van der Waals surface area contributed by atoms with E-state index in [0.717, 1.165) is 16.2 Å². The molecule has 1 rings (SSSR count). The minimum absolute atomic E-state index is 0.137. The molecule has 0 aliphatic carbocycles. The Kier molecular flexibility index (Phi) is 4.01. The maximum absolute atomic E-state index is 11.0. The Balaban J connectivity index is 2.95. The molecule has 0 unspecified atom stereocenters. The van der Waals surface area contributed by atoms with Crippen molar-refractivity contribution in [3.63, 3.8) is 0 Å². The number of hydrogen-bond donors (Lipinski definition) is 1. The number of hydrogen-bond acceptors (Lipinski definition) is 3. The Morgan fingerprint density at radius 3 is 2.79 bits per heavy atom. The van der Waals surface area contributed by atoms with Crippen LogP contribution in [0.2, 0.25) is 0 Å². The van der Waals surface area contributed by atoms with Gasteiger partial charge >= 0.3 is 0 Å². The standard InChI is InChI=1S/C11H14O2S/c1-3-13-11-7-10(14)5-4-9(11)6-8(2)12/h4-5,7,14H,3,6H2,1-2H3. The van der Waals surface area contributed by atoms with Crippen molar-refractivity contribution in [3.05, 3.63) is 23.8 Å². The van der Waals surface area contributed by atoms with E-state index in [-0.39, 0.29) is 5.78 Å². The average molecular weight is 210 g/mol. The fraction of sp³-hybridized carbons (Fsp3) is 0.364. The van der Waals surface area contributed by atoms with Crippen LogP contribution in [-0.4, -0.2) is 12.4 Å². The molecule has 0 aliphatic rings. The molecule has 0 spiro atoms. The molecular weight excluding hydrogens is 196 g/mol. The number of benzene rings is 1. The van der Waals surface area contributed by atoms with E-state index in [0.29, 0.717) is 13.0 Å². The van der Waals surface area contributed by atoms with Crippen molar-refractivity contribution in [2.24, 2.45) is 0 Å². The summed E-state index contributed by atoms with van der Waals surface area (Å²) in [6.07, 6.45) is 0.420. The van der Waals surface area contributed by atoms with Crippen molar-refractivity contribution in [2.45, 2.75) is 25.2 Å². The minimum atomic E-state index is 0.137. The Hall–Kier alpha value is -0.960. The lowest BCUT2D eigenvalue weighted by atomic mass is 10.1. The second kappa shape index (κ2) is 5.05. The van der Waals surface area contributed by atoms with Gasteiger partial charge in [0.15, 0.2) is 0 Å². The molecule has 3 heteroatoms. The molecule has 0 atom stereocenters. The molecule has 1 aromatic rings. The molecule has 0 fully saturated rings. The van der Waals surface area contributed by atoms with Gasteiger partial charge in [-0.05, 0) is 26.0 Å². The molecule has 14 heavy (non-hydrogen) atoms. The highest BCUT2D eigenvalue weighted by Gasteiger charge is 2.05. The number of carbonyl (C=O) groups excluding carboxylic acids is 1. The van der Waals surface area contributed by atoms with Crippen molar-refractivity contribution >= 4 is 18.4 Å². The van der Waals surface area contributed by atoms with Gasteiger partial charge in [0.05, 0.1) is 6.61 Å². The van der Waals surface area contributed by atoms with Crippen LogP contribution in [0.5, 0.6) is 5.75 Å². The van der Waals surface area contributed by atoms with Crippen LogP contribution < -0.4 is 4.74 Å². The zero-order chi connectivity index (χ0) is 10.6. The number of Topliss-reactive ketones (excluding diaryl/α,β-unsaturated/α-hetero) is 1. The SMILES string of the molecule is CCOc1cc(S)ccc1CC(C)=O. The van der Waals surface area contributed by atoms with E-state index in [1.165, 1.54) is 0 Å². The molecule has 1 aromatic carbocycles. The smallest absolute Gasteiger partial charge is 0.134 e. The first kappa shape index (κ1) is 11.1. The fourth-order valence-corrected chi connectivity index (χ4v) is 1.44. The number of ketones is 1. The molecule has 0 radical (unpaired) electrons. The lowest BCUT2D eigenvalue weighted by Crippen LogP contribution is -2.01. The molecule has 0 saturated heterocycles. The molecule has 2 nitrogen and oxygen atoms in total. The van der Waals surface area contributed by atoms with Crippen molar-refractivity contribution in [2.75, 3.05) is 6.61 Å². The van der Waals surface area contributed by atoms with Crippen molar-refractivity contribution < 1.29 is 9.53 Å². The van der Waals surface area contributed by atoms with Gasteiger partial charge in [-0.1, -0.05) is 6.07 Å². The highest BCUT2D eigenvalue weighted by molar-refractivity contribution is 7.80. The predicted molar refractivity (Wildman–Crippen MR) is 59.2 cm³/mol. The Labute approximate surface area is 89.7 Å². The van der Waals surface area contributed by atoms with E-state index < -0.39 is 0 Å². The highest BCUT2D eigenvalue weighted by Crippen LogP contribution is 2.23. The van der Waals surface area contributed by atoms with Gasteiger partial charge in [0, 0.05) is 16.9 Å². The third-order valence-electron chi connectivity index (χ3n) is 1.79. The van der Waals surface area contributed by atoms with E-state index in [4.69, 9.17) is 4.74 Å². The van der Waals surface area contributed by atoms with Gasteiger partial charge in [-0.3, -0.25) is 4.79 Å². The normalized spacial score (nSPS) is 9.93. The molecule has 76 valence electrons.